The van der Waals surface area contributed by atoms with Crippen LogP contribution in [0.4, 0.5) is 11.4 Å². The van der Waals surface area contributed by atoms with E-state index in [1.165, 1.54) is 11.8 Å². The van der Waals surface area contributed by atoms with Crippen LogP contribution in [0.15, 0.2) is 41.4 Å². The lowest BCUT2D eigenvalue weighted by molar-refractivity contribution is -0.128. The van der Waals surface area contributed by atoms with E-state index in [0.29, 0.717) is 0 Å². The summed E-state index contributed by atoms with van der Waals surface area (Å²) in [6.45, 7) is 8.02. The van der Waals surface area contributed by atoms with Crippen LogP contribution in [0.3, 0.4) is 0 Å². The van der Waals surface area contributed by atoms with E-state index in [4.69, 9.17) is 4.99 Å². The molecule has 0 spiro atoms. The molecule has 2 aliphatic rings. The first kappa shape index (κ1) is 20.7. The van der Waals surface area contributed by atoms with Crippen molar-refractivity contribution in [3.63, 3.8) is 0 Å². The predicted octanol–water partition coefficient (Wildman–Crippen LogP) is 5.04. The van der Waals surface area contributed by atoms with Crippen molar-refractivity contribution in [2.45, 2.75) is 58.2 Å². The Labute approximate surface area is 182 Å². The van der Waals surface area contributed by atoms with Crippen LogP contribution in [-0.2, 0) is 9.59 Å². The quantitative estimate of drug-likeness (QED) is 0.735. The van der Waals surface area contributed by atoms with Crippen molar-refractivity contribution >= 4 is 40.1 Å². The number of aryl methyl sites for hydroxylation is 4. The minimum atomic E-state index is -0.431. The molecule has 1 saturated heterocycles. The molecule has 1 unspecified atom stereocenters. The van der Waals surface area contributed by atoms with E-state index in [2.05, 4.69) is 11.4 Å². The lowest BCUT2D eigenvalue weighted by Crippen LogP contribution is -2.35. The molecule has 2 amide bonds. The highest BCUT2D eigenvalue weighted by molar-refractivity contribution is 8.15. The molecule has 2 aromatic rings. The number of benzene rings is 2. The number of rotatable bonds is 5. The molecule has 1 atom stereocenters. The smallest absolute Gasteiger partial charge is 0.242 e. The van der Waals surface area contributed by atoms with Crippen molar-refractivity contribution in [1.29, 1.82) is 0 Å². The van der Waals surface area contributed by atoms with E-state index >= 15 is 0 Å². The van der Waals surface area contributed by atoms with Gasteiger partial charge in [0.05, 0.1) is 5.69 Å². The van der Waals surface area contributed by atoms with Gasteiger partial charge in [-0.1, -0.05) is 36.0 Å². The van der Waals surface area contributed by atoms with Gasteiger partial charge in [-0.05, 0) is 74.9 Å². The van der Waals surface area contributed by atoms with Gasteiger partial charge in [0.15, 0.2) is 5.17 Å². The van der Waals surface area contributed by atoms with Crippen LogP contribution in [0.25, 0.3) is 0 Å². The summed E-state index contributed by atoms with van der Waals surface area (Å²) in [6.07, 6.45) is 2.14. The fraction of sp³-hybridized carbons (Fsp3) is 0.375. The normalized spacial score (nSPS) is 20.1. The highest BCUT2D eigenvalue weighted by atomic mass is 32.2. The van der Waals surface area contributed by atoms with Crippen LogP contribution < -0.4 is 5.32 Å². The molecule has 156 valence electrons. The van der Waals surface area contributed by atoms with Crippen LogP contribution in [-0.4, -0.2) is 33.2 Å². The summed E-state index contributed by atoms with van der Waals surface area (Å²) >= 11 is 1.42. The number of amides is 2. The maximum Gasteiger partial charge on any atom is 0.242 e. The standard InChI is InChI=1S/C24H27N3O2S/c1-14-5-7-16(3)19(11-14)25-22(28)13-21-23(29)27(18-9-10-18)24(30-21)26-20-12-15(2)6-8-17(20)4/h5-8,11-12,18,21H,9-10,13H2,1-4H3,(H,25,28). The van der Waals surface area contributed by atoms with Crippen molar-refractivity contribution in [1.82, 2.24) is 4.90 Å². The second kappa shape index (κ2) is 8.26. The van der Waals surface area contributed by atoms with Gasteiger partial charge in [-0.25, -0.2) is 4.99 Å². The van der Waals surface area contributed by atoms with Gasteiger partial charge in [-0.3, -0.25) is 14.5 Å². The van der Waals surface area contributed by atoms with Crippen LogP contribution >= 0.6 is 11.8 Å². The Kier molecular flexibility index (Phi) is 5.69. The molecule has 0 radical (unpaired) electrons. The first-order valence-corrected chi connectivity index (χ1v) is 11.2. The van der Waals surface area contributed by atoms with Crippen molar-refractivity contribution < 1.29 is 9.59 Å². The number of carbonyl (C=O) groups is 2. The van der Waals surface area contributed by atoms with Gasteiger partial charge in [-0.15, -0.1) is 0 Å². The lowest BCUT2D eigenvalue weighted by Gasteiger charge is -2.16. The molecule has 1 N–H and O–H groups in total. The number of nitrogens with zero attached hydrogens (tertiary/aromatic N) is 2. The molecule has 6 heteroatoms. The van der Waals surface area contributed by atoms with E-state index in [-0.39, 0.29) is 24.3 Å². The third-order valence-corrected chi connectivity index (χ3v) is 6.65. The summed E-state index contributed by atoms with van der Waals surface area (Å²) in [5.74, 6) is -0.138. The second-order valence-electron chi connectivity index (χ2n) is 8.30. The largest absolute Gasteiger partial charge is 0.326 e. The molecule has 1 heterocycles. The second-order valence-corrected chi connectivity index (χ2v) is 9.47. The van der Waals surface area contributed by atoms with Gasteiger partial charge >= 0.3 is 0 Å². The first-order chi connectivity index (χ1) is 14.3. The van der Waals surface area contributed by atoms with Gasteiger partial charge < -0.3 is 5.32 Å². The third kappa shape index (κ3) is 4.43. The highest BCUT2D eigenvalue weighted by Crippen LogP contribution is 2.40. The maximum atomic E-state index is 13.1. The summed E-state index contributed by atoms with van der Waals surface area (Å²) in [7, 11) is 0. The molecule has 0 bridgehead atoms. The molecule has 0 aromatic heterocycles. The van der Waals surface area contributed by atoms with Crippen LogP contribution in [0.1, 0.15) is 41.5 Å². The number of thioether (sulfide) groups is 1. The number of nitrogens with one attached hydrogen (secondary N) is 1. The van der Waals surface area contributed by atoms with Crippen molar-refractivity contribution in [3.05, 3.63) is 58.7 Å². The Hall–Kier alpha value is -2.60. The fourth-order valence-corrected chi connectivity index (χ4v) is 4.75. The average molecular weight is 422 g/mol. The van der Waals surface area contributed by atoms with Crippen LogP contribution in [0.2, 0.25) is 0 Å². The average Bonchev–Trinajstić information content (AvgIpc) is 3.47. The van der Waals surface area contributed by atoms with Gasteiger partial charge in [0.1, 0.15) is 5.25 Å². The Bertz CT molecular complexity index is 1040. The minimum Gasteiger partial charge on any atom is -0.326 e. The van der Waals surface area contributed by atoms with Crippen LogP contribution in [0.5, 0.6) is 0 Å². The SMILES string of the molecule is Cc1ccc(C)c(N=C2SC(CC(=O)Nc3cc(C)ccc3C)C(=O)N2C2CC2)c1. The monoisotopic (exact) mass is 421 g/mol. The van der Waals surface area contributed by atoms with E-state index in [1.54, 1.807) is 0 Å². The minimum absolute atomic E-state index is 0.00247. The van der Waals surface area contributed by atoms with Gasteiger partial charge in [0, 0.05) is 18.2 Å². The molecule has 1 saturated carbocycles. The van der Waals surface area contributed by atoms with Gasteiger partial charge in [-0.2, -0.15) is 0 Å². The van der Waals surface area contributed by atoms with E-state index in [0.717, 1.165) is 51.6 Å². The molecule has 4 rings (SSSR count). The Morgan fingerprint density at radius 3 is 2.43 bits per heavy atom. The van der Waals surface area contributed by atoms with Crippen molar-refractivity contribution in [2.75, 3.05) is 5.32 Å². The zero-order valence-corrected chi connectivity index (χ0v) is 18.7. The maximum absolute atomic E-state index is 13.1. The Balaban J connectivity index is 1.53. The first-order valence-electron chi connectivity index (χ1n) is 10.3. The zero-order chi connectivity index (χ0) is 21.4. The molecule has 1 aliphatic heterocycles. The molecule has 2 aromatic carbocycles. The summed E-state index contributed by atoms with van der Waals surface area (Å²) in [5, 5.41) is 3.27. The molecule has 5 nitrogen and oxygen atoms in total. The number of hydrogen-bond acceptors (Lipinski definition) is 4. The number of amidine groups is 1. The molecular formula is C24H27N3O2S. The summed E-state index contributed by atoms with van der Waals surface area (Å²) in [4.78, 5) is 32.4. The molecule has 2 fully saturated rings. The topological polar surface area (TPSA) is 61.8 Å². The van der Waals surface area contributed by atoms with Gasteiger partial charge in [0.2, 0.25) is 11.8 Å². The Morgan fingerprint density at radius 2 is 1.73 bits per heavy atom. The number of carbonyl (C=O) groups excluding carboxylic acids is 2. The summed E-state index contributed by atoms with van der Waals surface area (Å²) in [6, 6.07) is 12.3. The van der Waals surface area contributed by atoms with Crippen LogP contribution in [0, 0.1) is 27.7 Å². The Morgan fingerprint density at radius 1 is 1.07 bits per heavy atom. The number of anilines is 1. The molecule has 30 heavy (non-hydrogen) atoms. The van der Waals surface area contributed by atoms with E-state index < -0.39 is 5.25 Å². The highest BCUT2D eigenvalue weighted by Gasteiger charge is 2.46. The lowest BCUT2D eigenvalue weighted by atomic mass is 10.1. The third-order valence-electron chi connectivity index (χ3n) is 5.50. The summed E-state index contributed by atoms with van der Waals surface area (Å²) < 4.78 is 0. The molecular weight excluding hydrogens is 394 g/mol. The molecule has 1 aliphatic carbocycles. The van der Waals surface area contributed by atoms with Crippen molar-refractivity contribution in [3.8, 4) is 0 Å². The van der Waals surface area contributed by atoms with E-state index in [1.807, 2.05) is 62.9 Å². The van der Waals surface area contributed by atoms with Gasteiger partial charge in [0.25, 0.3) is 0 Å². The fourth-order valence-electron chi connectivity index (χ4n) is 3.54. The summed E-state index contributed by atoms with van der Waals surface area (Å²) in [5.41, 5.74) is 6.00. The zero-order valence-electron chi connectivity index (χ0n) is 17.9. The predicted molar refractivity (Wildman–Crippen MR) is 123 cm³/mol. The van der Waals surface area contributed by atoms with E-state index in [9.17, 15) is 9.59 Å². The number of aliphatic imine (C=N–C) groups is 1. The van der Waals surface area contributed by atoms with Crippen molar-refractivity contribution in [2.24, 2.45) is 4.99 Å². The number of hydrogen-bond donors (Lipinski definition) is 1.